The molecule has 1 aliphatic rings. The van der Waals surface area contributed by atoms with Crippen LogP contribution in [-0.4, -0.2) is 25.7 Å². The largest absolute Gasteiger partial charge is 0.295 e. The van der Waals surface area contributed by atoms with Gasteiger partial charge in [-0.3, -0.25) is 4.79 Å². The van der Waals surface area contributed by atoms with E-state index < -0.39 is 9.84 Å². The first kappa shape index (κ1) is 13.3. The molecular formula is C14H18O3S. The lowest BCUT2D eigenvalue weighted by atomic mass is 9.91. The van der Waals surface area contributed by atoms with Gasteiger partial charge in [0.2, 0.25) is 0 Å². The predicted molar refractivity (Wildman–Crippen MR) is 71.5 cm³/mol. The summed E-state index contributed by atoms with van der Waals surface area (Å²) in [5.41, 5.74) is 1.82. The molecule has 0 bridgehead atoms. The quantitative estimate of drug-likeness (QED) is 0.788. The summed E-state index contributed by atoms with van der Waals surface area (Å²) >= 11 is 0. The van der Waals surface area contributed by atoms with E-state index in [1.165, 1.54) is 0 Å². The van der Waals surface area contributed by atoms with Crippen LogP contribution in [0.3, 0.4) is 0 Å². The Morgan fingerprint density at radius 2 is 1.83 bits per heavy atom. The fourth-order valence-corrected chi connectivity index (χ4v) is 4.08. The molecular weight excluding hydrogens is 248 g/mol. The number of carbonyl (C=O) groups is 1. The van der Waals surface area contributed by atoms with Crippen molar-refractivity contribution in [1.82, 2.24) is 0 Å². The van der Waals surface area contributed by atoms with Crippen LogP contribution in [0.1, 0.15) is 35.7 Å². The lowest BCUT2D eigenvalue weighted by molar-refractivity contribution is 0.101. The minimum absolute atomic E-state index is 0.0778. The number of benzene rings is 1. The van der Waals surface area contributed by atoms with Crippen molar-refractivity contribution in [2.75, 3.05) is 11.5 Å². The standard InChI is InChI=1S/C14H18O3S/c1-11(15)14-5-3-2-4-13(14)10-12-6-8-18(16,17)9-7-12/h2-5,12H,6-10H2,1H3. The van der Waals surface area contributed by atoms with Gasteiger partial charge in [-0.1, -0.05) is 24.3 Å². The van der Waals surface area contributed by atoms with Crippen molar-refractivity contribution in [2.45, 2.75) is 26.2 Å². The van der Waals surface area contributed by atoms with Gasteiger partial charge in [-0.15, -0.1) is 0 Å². The van der Waals surface area contributed by atoms with Crippen LogP contribution >= 0.6 is 0 Å². The Morgan fingerprint density at radius 3 is 2.44 bits per heavy atom. The van der Waals surface area contributed by atoms with Crippen molar-refractivity contribution in [3.8, 4) is 0 Å². The topological polar surface area (TPSA) is 51.2 Å². The summed E-state index contributed by atoms with van der Waals surface area (Å²) in [6.07, 6.45) is 2.24. The molecule has 0 amide bonds. The number of hydrogen-bond donors (Lipinski definition) is 0. The van der Waals surface area contributed by atoms with E-state index in [0.717, 1.165) is 17.5 Å². The summed E-state index contributed by atoms with van der Waals surface area (Å²) in [5.74, 6) is 1.04. The number of sulfone groups is 1. The maximum atomic E-state index is 11.5. The highest BCUT2D eigenvalue weighted by atomic mass is 32.2. The average molecular weight is 266 g/mol. The number of rotatable bonds is 3. The second-order valence-corrected chi connectivity index (χ2v) is 7.32. The molecule has 0 aromatic heterocycles. The van der Waals surface area contributed by atoms with Gasteiger partial charge in [-0.25, -0.2) is 8.42 Å². The van der Waals surface area contributed by atoms with Gasteiger partial charge in [0.05, 0.1) is 11.5 Å². The second-order valence-electron chi connectivity index (χ2n) is 5.01. The highest BCUT2D eigenvalue weighted by Gasteiger charge is 2.24. The van der Waals surface area contributed by atoms with Crippen molar-refractivity contribution < 1.29 is 13.2 Å². The molecule has 0 unspecified atom stereocenters. The lowest BCUT2D eigenvalue weighted by Crippen LogP contribution is -2.24. The molecule has 0 aliphatic carbocycles. The van der Waals surface area contributed by atoms with Gasteiger partial charge in [0.1, 0.15) is 9.84 Å². The summed E-state index contributed by atoms with van der Waals surface area (Å²) in [4.78, 5) is 11.5. The first-order valence-corrected chi connectivity index (χ1v) is 8.09. The molecule has 0 saturated carbocycles. The average Bonchev–Trinajstić information content (AvgIpc) is 2.32. The van der Waals surface area contributed by atoms with E-state index >= 15 is 0 Å². The summed E-state index contributed by atoms with van der Waals surface area (Å²) in [5, 5.41) is 0. The van der Waals surface area contributed by atoms with Crippen LogP contribution in [0, 0.1) is 5.92 Å². The van der Waals surface area contributed by atoms with E-state index in [1.54, 1.807) is 6.92 Å². The van der Waals surface area contributed by atoms with Gasteiger partial charge in [0, 0.05) is 5.56 Å². The molecule has 0 N–H and O–H groups in total. The van der Waals surface area contributed by atoms with Crippen LogP contribution in [0.5, 0.6) is 0 Å². The molecule has 1 saturated heterocycles. The van der Waals surface area contributed by atoms with E-state index in [4.69, 9.17) is 0 Å². The third-order valence-electron chi connectivity index (χ3n) is 3.58. The molecule has 0 atom stereocenters. The van der Waals surface area contributed by atoms with Gasteiger partial charge in [-0.2, -0.15) is 0 Å². The van der Waals surface area contributed by atoms with Gasteiger partial charge >= 0.3 is 0 Å². The van der Waals surface area contributed by atoms with Crippen molar-refractivity contribution in [1.29, 1.82) is 0 Å². The number of hydrogen-bond acceptors (Lipinski definition) is 3. The molecule has 98 valence electrons. The minimum atomic E-state index is -2.80. The highest BCUT2D eigenvalue weighted by Crippen LogP contribution is 2.24. The molecule has 1 fully saturated rings. The summed E-state index contributed by atoms with van der Waals surface area (Å²) in [6, 6.07) is 7.62. The molecule has 1 aliphatic heterocycles. The Bertz CT molecular complexity index is 532. The molecule has 0 spiro atoms. The molecule has 1 aromatic rings. The van der Waals surface area contributed by atoms with E-state index in [9.17, 15) is 13.2 Å². The molecule has 2 rings (SSSR count). The Morgan fingerprint density at radius 1 is 1.22 bits per heavy atom. The molecule has 3 nitrogen and oxygen atoms in total. The Balaban J connectivity index is 2.09. The summed E-state index contributed by atoms with van der Waals surface area (Å²) in [6.45, 7) is 1.57. The zero-order chi connectivity index (χ0) is 13.2. The summed E-state index contributed by atoms with van der Waals surface area (Å²) < 4.78 is 22.7. The third-order valence-corrected chi connectivity index (χ3v) is 5.29. The van der Waals surface area contributed by atoms with Crippen molar-refractivity contribution in [3.05, 3.63) is 35.4 Å². The second kappa shape index (κ2) is 5.22. The van der Waals surface area contributed by atoms with Crippen LogP contribution in [0.25, 0.3) is 0 Å². The predicted octanol–water partition coefficient (Wildman–Crippen LogP) is 2.26. The van der Waals surface area contributed by atoms with E-state index in [2.05, 4.69) is 0 Å². The van der Waals surface area contributed by atoms with Crippen LogP contribution in [0.2, 0.25) is 0 Å². The minimum Gasteiger partial charge on any atom is -0.295 e. The maximum absolute atomic E-state index is 11.5. The number of carbonyl (C=O) groups excluding carboxylic acids is 1. The first-order chi connectivity index (χ1) is 8.48. The SMILES string of the molecule is CC(=O)c1ccccc1CC1CCS(=O)(=O)CC1. The van der Waals surface area contributed by atoms with Gasteiger partial charge in [0.15, 0.2) is 5.78 Å². The van der Waals surface area contributed by atoms with E-state index in [0.29, 0.717) is 30.3 Å². The third kappa shape index (κ3) is 3.19. The smallest absolute Gasteiger partial charge is 0.160 e. The van der Waals surface area contributed by atoms with E-state index in [1.807, 2.05) is 24.3 Å². The normalized spacial score (nSPS) is 19.6. The highest BCUT2D eigenvalue weighted by molar-refractivity contribution is 7.91. The van der Waals surface area contributed by atoms with Crippen LogP contribution < -0.4 is 0 Å². The Hall–Kier alpha value is -1.16. The monoisotopic (exact) mass is 266 g/mol. The Labute approximate surface area is 108 Å². The molecule has 1 heterocycles. The van der Waals surface area contributed by atoms with Crippen molar-refractivity contribution >= 4 is 15.6 Å². The van der Waals surface area contributed by atoms with Crippen molar-refractivity contribution in [3.63, 3.8) is 0 Å². The zero-order valence-electron chi connectivity index (χ0n) is 10.6. The fourth-order valence-electron chi connectivity index (χ4n) is 2.50. The fraction of sp³-hybridized carbons (Fsp3) is 0.500. The van der Waals surface area contributed by atoms with Crippen molar-refractivity contribution in [2.24, 2.45) is 5.92 Å². The van der Waals surface area contributed by atoms with Gasteiger partial charge in [0.25, 0.3) is 0 Å². The zero-order valence-corrected chi connectivity index (χ0v) is 11.4. The summed E-state index contributed by atoms with van der Waals surface area (Å²) in [7, 11) is -2.80. The maximum Gasteiger partial charge on any atom is 0.160 e. The number of ketones is 1. The van der Waals surface area contributed by atoms with Crippen LogP contribution in [-0.2, 0) is 16.3 Å². The van der Waals surface area contributed by atoms with Crippen LogP contribution in [0.4, 0.5) is 0 Å². The molecule has 1 aromatic carbocycles. The first-order valence-electron chi connectivity index (χ1n) is 6.27. The van der Waals surface area contributed by atoms with Crippen LogP contribution in [0.15, 0.2) is 24.3 Å². The molecule has 0 radical (unpaired) electrons. The molecule has 4 heteroatoms. The Kier molecular flexibility index (Phi) is 3.85. The van der Waals surface area contributed by atoms with Gasteiger partial charge in [-0.05, 0) is 37.7 Å². The number of Topliss-reactive ketones (excluding diaryl/α,β-unsaturated/α-hetero) is 1. The van der Waals surface area contributed by atoms with Gasteiger partial charge < -0.3 is 0 Å². The van der Waals surface area contributed by atoms with E-state index in [-0.39, 0.29) is 5.78 Å². The molecule has 18 heavy (non-hydrogen) atoms. The lowest BCUT2D eigenvalue weighted by Gasteiger charge is -2.22.